The summed E-state index contributed by atoms with van der Waals surface area (Å²) in [5.74, 6) is 0.872. The van der Waals surface area contributed by atoms with Crippen molar-refractivity contribution in [2.75, 3.05) is 23.8 Å². The minimum Gasteiger partial charge on any atom is -0.486 e. The van der Waals surface area contributed by atoms with E-state index in [4.69, 9.17) is 9.47 Å². The van der Waals surface area contributed by atoms with Crippen molar-refractivity contribution in [3.63, 3.8) is 0 Å². The second-order valence-electron chi connectivity index (χ2n) is 6.87. The van der Waals surface area contributed by atoms with Gasteiger partial charge in [0.2, 0.25) is 5.91 Å². The minimum atomic E-state index is -0.219. The number of carbonyl (C=O) groups is 2. The highest BCUT2D eigenvalue weighted by molar-refractivity contribution is 6.01. The number of para-hydroxylation sites is 3. The van der Waals surface area contributed by atoms with E-state index in [1.807, 2.05) is 54.6 Å². The first-order chi connectivity index (χ1) is 14.7. The number of fused-ring (bicyclic) bond motifs is 1. The number of ether oxygens (including phenoxy) is 2. The van der Waals surface area contributed by atoms with Crippen LogP contribution in [0.5, 0.6) is 11.5 Å². The standard InChI is InChI=1S/C24H22N2O4/c27-21(17-10-12-22-23(16-17)30-15-14-29-22)11-13-24(28)26-20-9-5-4-8-19(20)25-18-6-2-1-3-7-18/h1-10,12,16,25H,11,13-15H2,(H,26,28). The van der Waals surface area contributed by atoms with Gasteiger partial charge in [-0.3, -0.25) is 9.59 Å². The first-order valence-corrected chi connectivity index (χ1v) is 9.83. The zero-order chi connectivity index (χ0) is 20.8. The summed E-state index contributed by atoms with van der Waals surface area (Å²) in [4.78, 5) is 25.0. The Morgan fingerprint density at radius 3 is 2.27 bits per heavy atom. The molecule has 6 nitrogen and oxygen atoms in total. The Balaban J connectivity index is 1.36. The number of nitrogens with one attached hydrogen (secondary N) is 2. The Labute approximate surface area is 174 Å². The summed E-state index contributed by atoms with van der Waals surface area (Å²) in [6.45, 7) is 0.963. The molecule has 0 atom stereocenters. The molecule has 2 N–H and O–H groups in total. The number of hydrogen-bond acceptors (Lipinski definition) is 5. The third kappa shape index (κ3) is 4.78. The maximum atomic E-state index is 12.5. The van der Waals surface area contributed by atoms with E-state index in [0.29, 0.717) is 36.0 Å². The molecule has 0 aliphatic carbocycles. The molecule has 0 saturated heterocycles. The summed E-state index contributed by atoms with van der Waals surface area (Å²) in [5.41, 5.74) is 2.89. The second kappa shape index (κ2) is 9.13. The molecule has 30 heavy (non-hydrogen) atoms. The van der Waals surface area contributed by atoms with Gasteiger partial charge >= 0.3 is 0 Å². The smallest absolute Gasteiger partial charge is 0.224 e. The first-order valence-electron chi connectivity index (χ1n) is 9.83. The molecule has 0 bridgehead atoms. The number of carbonyl (C=O) groups excluding carboxylic acids is 2. The highest BCUT2D eigenvalue weighted by atomic mass is 16.6. The third-order valence-electron chi connectivity index (χ3n) is 4.70. The van der Waals surface area contributed by atoms with Crippen LogP contribution >= 0.6 is 0 Å². The van der Waals surface area contributed by atoms with Gasteiger partial charge < -0.3 is 20.1 Å². The maximum absolute atomic E-state index is 12.5. The molecule has 0 aromatic heterocycles. The van der Waals surface area contributed by atoms with Crippen molar-refractivity contribution in [1.82, 2.24) is 0 Å². The van der Waals surface area contributed by atoms with Crippen LogP contribution in [0, 0.1) is 0 Å². The summed E-state index contributed by atoms with van der Waals surface area (Å²) in [5, 5.41) is 6.18. The van der Waals surface area contributed by atoms with E-state index in [1.54, 1.807) is 18.2 Å². The quantitative estimate of drug-likeness (QED) is 0.555. The zero-order valence-corrected chi connectivity index (χ0v) is 16.4. The fourth-order valence-electron chi connectivity index (χ4n) is 3.18. The lowest BCUT2D eigenvalue weighted by Gasteiger charge is -2.18. The molecular formula is C24H22N2O4. The molecule has 1 aliphatic heterocycles. The van der Waals surface area contributed by atoms with Gasteiger partial charge in [-0.25, -0.2) is 0 Å². The largest absolute Gasteiger partial charge is 0.486 e. The van der Waals surface area contributed by atoms with E-state index in [1.165, 1.54) is 0 Å². The number of anilines is 3. The van der Waals surface area contributed by atoms with Crippen molar-refractivity contribution in [2.24, 2.45) is 0 Å². The summed E-state index contributed by atoms with van der Waals surface area (Å²) >= 11 is 0. The Bertz CT molecular complexity index is 1050. The van der Waals surface area contributed by atoms with Crippen molar-refractivity contribution < 1.29 is 19.1 Å². The second-order valence-corrected chi connectivity index (χ2v) is 6.87. The van der Waals surface area contributed by atoms with Gasteiger partial charge in [-0.2, -0.15) is 0 Å². The van der Waals surface area contributed by atoms with Gasteiger partial charge in [-0.1, -0.05) is 30.3 Å². The van der Waals surface area contributed by atoms with Gasteiger partial charge in [0.25, 0.3) is 0 Å². The molecule has 3 aromatic rings. The lowest BCUT2D eigenvalue weighted by atomic mass is 10.1. The molecule has 152 valence electrons. The zero-order valence-electron chi connectivity index (χ0n) is 16.4. The molecule has 0 radical (unpaired) electrons. The Kier molecular flexibility index (Phi) is 5.94. The molecular weight excluding hydrogens is 380 g/mol. The minimum absolute atomic E-state index is 0.0902. The topological polar surface area (TPSA) is 76.7 Å². The van der Waals surface area contributed by atoms with Gasteiger partial charge in [0.15, 0.2) is 17.3 Å². The molecule has 0 unspecified atom stereocenters. The van der Waals surface area contributed by atoms with E-state index in [2.05, 4.69) is 10.6 Å². The van der Waals surface area contributed by atoms with Crippen LogP contribution in [0.4, 0.5) is 17.1 Å². The normalized spacial score (nSPS) is 12.1. The molecule has 1 heterocycles. The van der Waals surface area contributed by atoms with E-state index in [0.717, 1.165) is 11.4 Å². The van der Waals surface area contributed by atoms with Crippen LogP contribution in [0.25, 0.3) is 0 Å². The summed E-state index contributed by atoms with van der Waals surface area (Å²) in [6, 6.07) is 22.3. The molecule has 0 fully saturated rings. The average Bonchev–Trinajstić information content (AvgIpc) is 2.79. The fraction of sp³-hybridized carbons (Fsp3) is 0.167. The van der Waals surface area contributed by atoms with Gasteiger partial charge in [-0.15, -0.1) is 0 Å². The van der Waals surface area contributed by atoms with Gasteiger partial charge in [0, 0.05) is 24.1 Å². The van der Waals surface area contributed by atoms with E-state index in [9.17, 15) is 9.59 Å². The molecule has 6 heteroatoms. The lowest BCUT2D eigenvalue weighted by Crippen LogP contribution is -2.16. The van der Waals surface area contributed by atoms with Crippen molar-refractivity contribution in [3.8, 4) is 11.5 Å². The van der Waals surface area contributed by atoms with Crippen molar-refractivity contribution in [3.05, 3.63) is 78.4 Å². The Hall–Kier alpha value is -3.80. The van der Waals surface area contributed by atoms with Gasteiger partial charge in [-0.05, 0) is 42.5 Å². The molecule has 1 aliphatic rings. The number of benzene rings is 3. The van der Waals surface area contributed by atoms with Crippen LogP contribution in [0.15, 0.2) is 72.8 Å². The van der Waals surface area contributed by atoms with E-state index < -0.39 is 0 Å². The van der Waals surface area contributed by atoms with Crippen molar-refractivity contribution in [1.29, 1.82) is 0 Å². The number of hydrogen-bond donors (Lipinski definition) is 2. The third-order valence-corrected chi connectivity index (χ3v) is 4.70. The van der Waals surface area contributed by atoms with Crippen molar-refractivity contribution >= 4 is 28.8 Å². The highest BCUT2D eigenvalue weighted by Crippen LogP contribution is 2.31. The van der Waals surface area contributed by atoms with Crippen molar-refractivity contribution in [2.45, 2.75) is 12.8 Å². The highest BCUT2D eigenvalue weighted by Gasteiger charge is 2.16. The van der Waals surface area contributed by atoms with Crippen LogP contribution in [-0.4, -0.2) is 24.9 Å². The maximum Gasteiger partial charge on any atom is 0.224 e. The van der Waals surface area contributed by atoms with Gasteiger partial charge in [0.05, 0.1) is 11.4 Å². The predicted octanol–water partition coefficient (Wildman–Crippen LogP) is 4.80. The lowest BCUT2D eigenvalue weighted by molar-refractivity contribution is -0.116. The van der Waals surface area contributed by atoms with E-state index in [-0.39, 0.29) is 24.5 Å². The molecule has 0 saturated carbocycles. The van der Waals surface area contributed by atoms with E-state index >= 15 is 0 Å². The molecule has 0 spiro atoms. The number of rotatable bonds is 7. The van der Waals surface area contributed by atoms with Gasteiger partial charge in [0.1, 0.15) is 13.2 Å². The molecule has 4 rings (SSSR count). The van der Waals surface area contributed by atoms with Crippen LogP contribution in [-0.2, 0) is 4.79 Å². The number of ketones is 1. The molecule has 1 amide bonds. The summed E-state index contributed by atoms with van der Waals surface area (Å²) < 4.78 is 11.0. The summed E-state index contributed by atoms with van der Waals surface area (Å²) in [7, 11) is 0. The van der Waals surface area contributed by atoms with Crippen LogP contribution in [0.3, 0.4) is 0 Å². The Morgan fingerprint density at radius 1 is 0.767 bits per heavy atom. The fourth-order valence-corrected chi connectivity index (χ4v) is 3.18. The van der Waals surface area contributed by atoms with Crippen LogP contribution in [0.2, 0.25) is 0 Å². The average molecular weight is 402 g/mol. The monoisotopic (exact) mass is 402 g/mol. The first kappa shape index (κ1) is 19.5. The summed E-state index contributed by atoms with van der Waals surface area (Å²) in [6.07, 6.45) is 0.201. The predicted molar refractivity (Wildman–Crippen MR) is 116 cm³/mol. The Morgan fingerprint density at radius 2 is 1.47 bits per heavy atom. The molecule has 3 aromatic carbocycles. The van der Waals surface area contributed by atoms with Crippen LogP contribution in [0.1, 0.15) is 23.2 Å². The SMILES string of the molecule is O=C(CCC(=O)c1ccc2c(c1)OCCO2)Nc1ccccc1Nc1ccccc1. The number of amides is 1. The van der Waals surface area contributed by atoms with Crippen LogP contribution < -0.4 is 20.1 Å². The number of Topliss-reactive ketones (excluding diaryl/α,β-unsaturated/α-hetero) is 1.